The maximum absolute atomic E-state index is 5.29. The van der Waals surface area contributed by atoms with Crippen LogP contribution in [-0.2, 0) is 12.8 Å². The van der Waals surface area contributed by atoms with Gasteiger partial charge in [-0.2, -0.15) is 0 Å². The van der Waals surface area contributed by atoms with Gasteiger partial charge in [0.15, 0.2) is 0 Å². The number of nitrogens with one attached hydrogen (secondary N) is 1. The third kappa shape index (κ3) is 1.79. The highest BCUT2D eigenvalue weighted by atomic mass is 16.5. The molecule has 0 saturated carbocycles. The molecule has 18 heavy (non-hydrogen) atoms. The van der Waals surface area contributed by atoms with Crippen molar-refractivity contribution in [3.05, 3.63) is 29.5 Å². The van der Waals surface area contributed by atoms with Gasteiger partial charge in [0.1, 0.15) is 5.75 Å². The van der Waals surface area contributed by atoms with Gasteiger partial charge < -0.3 is 14.6 Å². The highest BCUT2D eigenvalue weighted by Gasteiger charge is 2.20. The fourth-order valence-corrected chi connectivity index (χ4v) is 2.84. The minimum absolute atomic E-state index is 0.598. The van der Waals surface area contributed by atoms with Crippen LogP contribution in [0.5, 0.6) is 5.75 Å². The molecule has 0 bridgehead atoms. The second-order valence-corrected chi connectivity index (χ2v) is 5.28. The molecule has 1 unspecified atom stereocenters. The van der Waals surface area contributed by atoms with E-state index in [-0.39, 0.29) is 0 Å². The number of hydrogen-bond acceptors (Lipinski definition) is 2. The fraction of sp³-hybridized carbons (Fsp3) is 0.467. The third-order valence-corrected chi connectivity index (χ3v) is 4.17. The number of methoxy groups -OCH3 is 1. The molecule has 2 aromatic rings. The summed E-state index contributed by atoms with van der Waals surface area (Å²) >= 11 is 0. The number of rotatable bonds is 1. The molecule has 1 aromatic heterocycles. The van der Waals surface area contributed by atoms with Crippen LogP contribution in [0.1, 0.15) is 18.2 Å². The Labute approximate surface area is 108 Å². The van der Waals surface area contributed by atoms with Crippen LogP contribution in [-0.4, -0.2) is 36.6 Å². The summed E-state index contributed by atoms with van der Waals surface area (Å²) in [4.78, 5) is 6.01. The number of fused-ring (bicyclic) bond motifs is 3. The van der Waals surface area contributed by atoms with E-state index in [2.05, 4.69) is 42.1 Å². The van der Waals surface area contributed by atoms with Crippen LogP contribution >= 0.6 is 0 Å². The van der Waals surface area contributed by atoms with Gasteiger partial charge in [-0.15, -0.1) is 0 Å². The molecule has 3 rings (SSSR count). The van der Waals surface area contributed by atoms with Crippen LogP contribution in [0.3, 0.4) is 0 Å². The highest BCUT2D eigenvalue weighted by molar-refractivity contribution is 5.86. The largest absolute Gasteiger partial charge is 0.497 e. The predicted octanol–water partition coefficient (Wildman–Crippen LogP) is 2.60. The molecule has 96 valence electrons. The molecular formula is C15H20N2O. The van der Waals surface area contributed by atoms with Crippen molar-refractivity contribution >= 4 is 10.9 Å². The van der Waals surface area contributed by atoms with Crippen molar-refractivity contribution in [1.29, 1.82) is 0 Å². The Balaban J connectivity index is 2.10. The van der Waals surface area contributed by atoms with Gasteiger partial charge in [0, 0.05) is 41.7 Å². The molecular weight excluding hydrogens is 224 g/mol. The Kier molecular flexibility index (Phi) is 2.78. The molecule has 1 N–H and O–H groups in total. The second-order valence-electron chi connectivity index (χ2n) is 5.28. The number of aromatic amines is 1. The Morgan fingerprint density at radius 2 is 2.22 bits per heavy atom. The normalized spacial score (nSPS) is 20.7. The van der Waals surface area contributed by atoms with Crippen molar-refractivity contribution in [3.8, 4) is 5.75 Å². The minimum atomic E-state index is 0.598. The van der Waals surface area contributed by atoms with Crippen molar-refractivity contribution < 1.29 is 4.74 Å². The summed E-state index contributed by atoms with van der Waals surface area (Å²) in [5, 5.41) is 1.35. The number of benzene rings is 1. The standard InChI is InChI=1S/C15H20N2O/c1-10-8-14-13(6-7-17(10)2)12-5-4-11(18-3)9-15(12)16-14/h4-5,9-10,16H,6-8H2,1-3H3. The van der Waals surface area contributed by atoms with Crippen LogP contribution in [0.4, 0.5) is 0 Å². The molecule has 0 saturated heterocycles. The van der Waals surface area contributed by atoms with Gasteiger partial charge in [-0.1, -0.05) is 0 Å². The second kappa shape index (κ2) is 4.32. The Bertz CT molecular complexity index is 573. The zero-order valence-corrected chi connectivity index (χ0v) is 11.3. The number of likely N-dealkylation sites (N-methyl/N-ethyl adjacent to an activating group) is 1. The zero-order chi connectivity index (χ0) is 12.7. The molecule has 1 aromatic carbocycles. The van der Waals surface area contributed by atoms with E-state index in [1.165, 1.54) is 22.2 Å². The monoisotopic (exact) mass is 244 g/mol. The topological polar surface area (TPSA) is 28.3 Å². The van der Waals surface area contributed by atoms with E-state index in [9.17, 15) is 0 Å². The van der Waals surface area contributed by atoms with Gasteiger partial charge in [-0.05, 0) is 38.1 Å². The molecule has 0 amide bonds. The van der Waals surface area contributed by atoms with Crippen molar-refractivity contribution in [2.45, 2.75) is 25.8 Å². The van der Waals surface area contributed by atoms with Gasteiger partial charge in [0.05, 0.1) is 7.11 Å². The quantitative estimate of drug-likeness (QED) is 0.835. The average Bonchev–Trinajstić information content (AvgIpc) is 2.65. The van der Waals surface area contributed by atoms with E-state index >= 15 is 0 Å². The number of aromatic nitrogens is 1. The summed E-state index contributed by atoms with van der Waals surface area (Å²) < 4.78 is 5.29. The molecule has 1 aliphatic rings. The van der Waals surface area contributed by atoms with E-state index < -0.39 is 0 Å². The van der Waals surface area contributed by atoms with E-state index in [0.717, 1.165) is 25.1 Å². The summed E-state index contributed by atoms with van der Waals surface area (Å²) in [5.41, 5.74) is 4.09. The number of ether oxygens (including phenoxy) is 1. The molecule has 3 nitrogen and oxygen atoms in total. The molecule has 0 fully saturated rings. The summed E-state index contributed by atoms with van der Waals surface area (Å²) in [5.74, 6) is 0.920. The molecule has 0 radical (unpaired) electrons. The maximum atomic E-state index is 5.29. The predicted molar refractivity (Wildman–Crippen MR) is 74.4 cm³/mol. The zero-order valence-electron chi connectivity index (χ0n) is 11.3. The summed E-state index contributed by atoms with van der Waals surface area (Å²) in [6.45, 7) is 3.42. The van der Waals surface area contributed by atoms with Gasteiger partial charge in [0.25, 0.3) is 0 Å². The van der Waals surface area contributed by atoms with Crippen molar-refractivity contribution in [2.75, 3.05) is 20.7 Å². The van der Waals surface area contributed by atoms with Gasteiger partial charge in [-0.3, -0.25) is 0 Å². The third-order valence-electron chi connectivity index (χ3n) is 4.17. The van der Waals surface area contributed by atoms with Crippen molar-refractivity contribution in [3.63, 3.8) is 0 Å². The molecule has 1 atom stereocenters. The molecule has 2 heterocycles. The summed E-state index contributed by atoms with van der Waals surface area (Å²) in [6.07, 6.45) is 2.23. The van der Waals surface area contributed by atoms with Crippen molar-refractivity contribution in [1.82, 2.24) is 9.88 Å². The van der Waals surface area contributed by atoms with Crippen molar-refractivity contribution in [2.24, 2.45) is 0 Å². The Hall–Kier alpha value is -1.48. The maximum Gasteiger partial charge on any atom is 0.120 e. The Morgan fingerprint density at radius 1 is 1.39 bits per heavy atom. The number of nitrogens with zero attached hydrogens (tertiary/aromatic N) is 1. The first-order valence-electron chi connectivity index (χ1n) is 6.56. The molecule has 3 heteroatoms. The lowest BCUT2D eigenvalue weighted by Gasteiger charge is -2.21. The minimum Gasteiger partial charge on any atom is -0.497 e. The highest BCUT2D eigenvalue weighted by Crippen LogP contribution is 2.29. The summed E-state index contributed by atoms with van der Waals surface area (Å²) in [6, 6.07) is 6.92. The van der Waals surface area contributed by atoms with E-state index in [0.29, 0.717) is 6.04 Å². The van der Waals surface area contributed by atoms with Crippen LogP contribution in [0.15, 0.2) is 18.2 Å². The first-order valence-corrected chi connectivity index (χ1v) is 6.56. The van der Waals surface area contributed by atoms with Crippen LogP contribution in [0.25, 0.3) is 10.9 Å². The number of hydrogen-bond donors (Lipinski definition) is 1. The van der Waals surface area contributed by atoms with E-state index in [1.807, 2.05) is 0 Å². The smallest absolute Gasteiger partial charge is 0.120 e. The first-order chi connectivity index (χ1) is 8.69. The fourth-order valence-electron chi connectivity index (χ4n) is 2.84. The Morgan fingerprint density at radius 3 is 3.00 bits per heavy atom. The lowest BCUT2D eigenvalue weighted by atomic mass is 10.1. The van der Waals surface area contributed by atoms with Crippen LogP contribution in [0, 0.1) is 0 Å². The van der Waals surface area contributed by atoms with Gasteiger partial charge in [-0.25, -0.2) is 0 Å². The van der Waals surface area contributed by atoms with Crippen LogP contribution in [0.2, 0.25) is 0 Å². The van der Waals surface area contributed by atoms with E-state index in [4.69, 9.17) is 4.74 Å². The molecule has 1 aliphatic heterocycles. The molecule has 0 spiro atoms. The lowest BCUT2D eigenvalue weighted by Crippen LogP contribution is -2.30. The first kappa shape index (κ1) is 11.6. The van der Waals surface area contributed by atoms with Gasteiger partial charge >= 0.3 is 0 Å². The average molecular weight is 244 g/mol. The number of H-pyrrole nitrogens is 1. The SMILES string of the molecule is COc1ccc2c3c([nH]c2c1)CC(C)N(C)CC3. The lowest BCUT2D eigenvalue weighted by molar-refractivity contribution is 0.267. The van der Waals surface area contributed by atoms with Crippen LogP contribution < -0.4 is 4.74 Å². The van der Waals surface area contributed by atoms with E-state index in [1.54, 1.807) is 7.11 Å². The summed E-state index contributed by atoms with van der Waals surface area (Å²) in [7, 11) is 3.92. The molecule has 0 aliphatic carbocycles. The van der Waals surface area contributed by atoms with Gasteiger partial charge in [0.2, 0.25) is 0 Å².